The van der Waals surface area contributed by atoms with E-state index in [0.29, 0.717) is 0 Å². The minimum atomic E-state index is -2.49. The third-order valence-corrected chi connectivity index (χ3v) is 10.8. The molecule has 0 aromatic carbocycles. The van der Waals surface area contributed by atoms with Gasteiger partial charge in [0.25, 0.3) is 0 Å². The average molecular weight is 299 g/mol. The van der Waals surface area contributed by atoms with E-state index < -0.39 is 15.4 Å². The molecule has 0 aromatic rings. The van der Waals surface area contributed by atoms with Crippen LogP contribution in [0.5, 0.6) is 0 Å². The molecular formula is C9H31N7P2. The first kappa shape index (κ1) is 18.4. The van der Waals surface area contributed by atoms with Gasteiger partial charge >= 0.3 is 113 Å². The van der Waals surface area contributed by atoms with Crippen LogP contribution in [0.4, 0.5) is 0 Å². The Labute approximate surface area is 113 Å². The monoisotopic (exact) mass is 299 g/mol. The van der Waals surface area contributed by atoms with E-state index in [1.165, 1.54) is 0 Å². The summed E-state index contributed by atoms with van der Waals surface area (Å²) in [5.74, 6) is 0. The van der Waals surface area contributed by atoms with Crippen molar-refractivity contribution >= 4 is 15.4 Å². The Bertz CT molecular complexity index is 294. The number of rotatable bonds is 6. The second-order valence-electron chi connectivity index (χ2n) is 5.06. The molecule has 0 radical (unpaired) electrons. The van der Waals surface area contributed by atoms with Gasteiger partial charge in [-0.05, 0) is 0 Å². The van der Waals surface area contributed by atoms with Crippen LogP contribution in [-0.2, 0) is 0 Å². The fourth-order valence-electron chi connectivity index (χ4n) is 1.77. The number of hydrogen-bond acceptors (Lipinski definition) is 4. The second kappa shape index (κ2) is 6.73. The van der Waals surface area contributed by atoms with Gasteiger partial charge in [0.2, 0.25) is 0 Å². The van der Waals surface area contributed by atoms with Crippen molar-refractivity contribution in [3.8, 4) is 0 Å². The number of nitrogens with two attached hydrogens (primary N) is 1. The second-order valence-corrected chi connectivity index (χ2v) is 12.2. The fourth-order valence-corrected chi connectivity index (χ4v) is 8.99. The van der Waals surface area contributed by atoms with Gasteiger partial charge < -0.3 is 0 Å². The molecule has 0 rings (SSSR count). The summed E-state index contributed by atoms with van der Waals surface area (Å²) in [5, 5.41) is 3.38. The van der Waals surface area contributed by atoms with Gasteiger partial charge in [0.05, 0.1) is 0 Å². The van der Waals surface area contributed by atoms with Crippen LogP contribution in [-0.4, -0.2) is 82.1 Å². The molecule has 0 saturated heterocycles. The normalized spacial score (nSPS) is 15.0. The molecule has 3 N–H and O–H groups in total. The standard InChI is InChI=1S/C9H31N7P2/c1-11-18(15(6)7,16(8)9)12-17(10,13(2)3)14(4)5/h11,17H,10H2,1-9H3. The fraction of sp³-hybridized carbons (Fsp3) is 1.00. The van der Waals surface area contributed by atoms with E-state index in [1.54, 1.807) is 0 Å². The van der Waals surface area contributed by atoms with Gasteiger partial charge in [-0.2, -0.15) is 0 Å². The first-order valence-electron chi connectivity index (χ1n) is 5.86. The van der Waals surface area contributed by atoms with Gasteiger partial charge in [-0.1, -0.05) is 0 Å². The summed E-state index contributed by atoms with van der Waals surface area (Å²) in [4.78, 5) is 0. The van der Waals surface area contributed by atoms with Crippen LogP contribution in [0.1, 0.15) is 0 Å². The van der Waals surface area contributed by atoms with Crippen molar-refractivity contribution in [2.24, 2.45) is 10.0 Å². The summed E-state index contributed by atoms with van der Waals surface area (Å²) >= 11 is 0. The van der Waals surface area contributed by atoms with Crippen LogP contribution in [0, 0.1) is 0 Å². The molecule has 0 spiro atoms. The molecule has 0 bridgehead atoms. The molecule has 0 amide bonds. The molecule has 0 aromatic heterocycles. The van der Waals surface area contributed by atoms with Crippen molar-refractivity contribution in [3.63, 3.8) is 0 Å². The van der Waals surface area contributed by atoms with E-state index >= 15 is 0 Å². The molecule has 112 valence electrons. The zero-order chi connectivity index (χ0) is 14.7. The summed E-state index contributed by atoms with van der Waals surface area (Å²) in [6.07, 6.45) is 0. The topological polar surface area (TPSA) is 63.4 Å². The Morgan fingerprint density at radius 1 is 0.889 bits per heavy atom. The molecular weight excluding hydrogens is 268 g/mol. The summed E-state index contributed by atoms with van der Waals surface area (Å²) in [5.41, 5.74) is 6.58. The molecule has 18 heavy (non-hydrogen) atoms. The molecule has 0 aliphatic heterocycles. The molecule has 0 heterocycles. The maximum absolute atomic E-state index is 6.58. The first-order valence-corrected chi connectivity index (χ1v) is 9.43. The van der Waals surface area contributed by atoms with Crippen molar-refractivity contribution < 1.29 is 0 Å². The number of nitrogens with one attached hydrogen (secondary N) is 1. The Kier molecular flexibility index (Phi) is 6.89. The minimum absolute atomic E-state index is 1.94. The Morgan fingerprint density at radius 2 is 1.22 bits per heavy atom. The predicted octanol–water partition coefficient (Wildman–Crippen LogP) is 0.767. The van der Waals surface area contributed by atoms with E-state index in [9.17, 15) is 0 Å². The SMILES string of the molecule is CNP(=N[PH](N)(N(C)C)N(C)C)(N(C)C)N(C)C. The van der Waals surface area contributed by atoms with E-state index in [2.05, 4.69) is 14.4 Å². The zero-order valence-corrected chi connectivity index (χ0v) is 15.2. The van der Waals surface area contributed by atoms with Gasteiger partial charge in [0.1, 0.15) is 0 Å². The number of hydrogen-bond donors (Lipinski definition) is 2. The third-order valence-electron chi connectivity index (χ3n) is 3.02. The third kappa shape index (κ3) is 3.50. The number of nitrogens with zero attached hydrogens (tertiary/aromatic N) is 5. The zero-order valence-electron chi connectivity index (χ0n) is 13.3. The average Bonchev–Trinajstić information content (AvgIpc) is 2.23. The van der Waals surface area contributed by atoms with E-state index in [0.717, 1.165) is 0 Å². The molecule has 0 aliphatic carbocycles. The molecule has 0 saturated carbocycles. The molecule has 0 atom stereocenters. The maximum atomic E-state index is 6.58. The van der Waals surface area contributed by atoms with E-state index in [4.69, 9.17) is 10.0 Å². The Hall–Kier alpha value is 0.420. The van der Waals surface area contributed by atoms with Gasteiger partial charge in [-0.3, -0.25) is 0 Å². The van der Waals surface area contributed by atoms with Crippen molar-refractivity contribution in [1.29, 1.82) is 0 Å². The predicted molar refractivity (Wildman–Crippen MR) is 85.7 cm³/mol. The Balaban J connectivity index is 5.95. The summed E-state index contributed by atoms with van der Waals surface area (Å²) in [7, 11) is 13.6. The summed E-state index contributed by atoms with van der Waals surface area (Å²) in [6, 6.07) is 0. The molecule has 7 nitrogen and oxygen atoms in total. The van der Waals surface area contributed by atoms with E-state index in [-0.39, 0.29) is 0 Å². The van der Waals surface area contributed by atoms with E-state index in [1.807, 2.05) is 72.8 Å². The summed E-state index contributed by atoms with van der Waals surface area (Å²) < 4.78 is 13.4. The van der Waals surface area contributed by atoms with Crippen molar-refractivity contribution in [3.05, 3.63) is 0 Å². The molecule has 0 fully saturated rings. The van der Waals surface area contributed by atoms with Gasteiger partial charge in [0.15, 0.2) is 0 Å². The van der Waals surface area contributed by atoms with Gasteiger partial charge in [-0.25, -0.2) is 0 Å². The first-order chi connectivity index (χ1) is 8.04. The van der Waals surface area contributed by atoms with Crippen molar-refractivity contribution in [1.82, 2.24) is 23.8 Å². The van der Waals surface area contributed by atoms with Crippen LogP contribution < -0.4 is 10.6 Å². The Morgan fingerprint density at radius 3 is 1.39 bits per heavy atom. The quantitative estimate of drug-likeness (QED) is 0.706. The summed E-state index contributed by atoms with van der Waals surface area (Å²) in [6.45, 7) is 0. The van der Waals surface area contributed by atoms with Crippen LogP contribution >= 0.6 is 15.4 Å². The van der Waals surface area contributed by atoms with Crippen molar-refractivity contribution in [2.45, 2.75) is 0 Å². The van der Waals surface area contributed by atoms with Gasteiger partial charge in [-0.15, -0.1) is 0 Å². The van der Waals surface area contributed by atoms with Gasteiger partial charge in [0, 0.05) is 0 Å². The van der Waals surface area contributed by atoms with Crippen LogP contribution in [0.15, 0.2) is 4.52 Å². The van der Waals surface area contributed by atoms with Crippen LogP contribution in [0.3, 0.4) is 0 Å². The van der Waals surface area contributed by atoms with Crippen molar-refractivity contribution in [2.75, 3.05) is 63.4 Å². The molecule has 9 heteroatoms. The van der Waals surface area contributed by atoms with Crippen LogP contribution in [0.2, 0.25) is 0 Å². The van der Waals surface area contributed by atoms with Crippen LogP contribution in [0.25, 0.3) is 0 Å². The molecule has 0 unspecified atom stereocenters. The molecule has 0 aliphatic rings.